The van der Waals surface area contributed by atoms with Crippen molar-refractivity contribution in [1.82, 2.24) is 9.88 Å². The van der Waals surface area contributed by atoms with Crippen LogP contribution in [0.4, 0.5) is 4.79 Å². The Morgan fingerprint density at radius 2 is 1.83 bits per heavy atom. The number of nitrogens with one attached hydrogen (secondary N) is 1. The number of aromatic nitrogens is 1. The first kappa shape index (κ1) is 22.5. The zero-order valence-corrected chi connectivity index (χ0v) is 17.9. The molecule has 156 valence electrons. The summed E-state index contributed by atoms with van der Waals surface area (Å²) in [6.45, 7) is 5.20. The third-order valence-electron chi connectivity index (χ3n) is 4.03. The maximum Gasteiger partial charge on any atom is 0.408 e. The van der Waals surface area contributed by atoms with Crippen molar-refractivity contribution in [3.8, 4) is 11.1 Å². The van der Waals surface area contributed by atoms with Gasteiger partial charge in [0.1, 0.15) is 11.6 Å². The Hall–Kier alpha value is -2.80. The van der Waals surface area contributed by atoms with E-state index in [1.807, 2.05) is 0 Å². The fraction of sp³-hybridized carbons (Fsp3) is 0.381. The highest BCUT2D eigenvalue weighted by atomic mass is 35.5. The number of aryl methyl sites for hydroxylation is 1. The van der Waals surface area contributed by atoms with Crippen LogP contribution in [-0.2, 0) is 27.7 Å². The van der Waals surface area contributed by atoms with Gasteiger partial charge in [-0.3, -0.25) is 4.79 Å². The van der Waals surface area contributed by atoms with E-state index in [4.69, 9.17) is 21.1 Å². The Morgan fingerprint density at radius 1 is 1.21 bits per heavy atom. The van der Waals surface area contributed by atoms with Gasteiger partial charge >= 0.3 is 12.1 Å². The maximum absolute atomic E-state index is 12.3. The normalized spacial score (nSPS) is 12.2. The number of nitrogens with zero attached hydrogens (tertiary/aromatic N) is 1. The van der Waals surface area contributed by atoms with Crippen LogP contribution >= 0.6 is 11.6 Å². The first-order valence-corrected chi connectivity index (χ1v) is 9.41. The second-order valence-electron chi connectivity index (χ2n) is 7.61. The van der Waals surface area contributed by atoms with Gasteiger partial charge in [0.05, 0.1) is 12.1 Å². The van der Waals surface area contributed by atoms with Crippen LogP contribution in [0.25, 0.3) is 11.1 Å². The predicted molar refractivity (Wildman–Crippen MR) is 111 cm³/mol. The summed E-state index contributed by atoms with van der Waals surface area (Å²) in [5, 5.41) is 2.99. The van der Waals surface area contributed by atoms with Crippen LogP contribution in [0.1, 0.15) is 26.3 Å². The molecule has 0 aliphatic carbocycles. The standard InChI is InChI=1S/C21H25ClN2O5/c1-21(2,3)29-20(27)23-17(19(26)28-5)10-13-6-8-14(9-7-13)16-11-15(22)12-24(4)18(16)25/h6-9,11-12,17H,10H2,1-5H3,(H,23,27). The van der Waals surface area contributed by atoms with Crippen molar-refractivity contribution >= 4 is 23.7 Å². The number of amides is 1. The number of hydrogen-bond acceptors (Lipinski definition) is 5. The van der Waals surface area contributed by atoms with Crippen molar-refractivity contribution < 1.29 is 19.1 Å². The molecule has 1 aromatic carbocycles. The molecule has 1 aromatic heterocycles. The van der Waals surface area contributed by atoms with Gasteiger partial charge in [-0.25, -0.2) is 9.59 Å². The molecule has 2 aromatic rings. The summed E-state index contributed by atoms with van der Waals surface area (Å²) in [7, 11) is 2.89. The smallest absolute Gasteiger partial charge is 0.408 e. The fourth-order valence-corrected chi connectivity index (χ4v) is 2.97. The van der Waals surface area contributed by atoms with Crippen LogP contribution in [0.15, 0.2) is 41.3 Å². The van der Waals surface area contributed by atoms with E-state index < -0.39 is 23.7 Å². The van der Waals surface area contributed by atoms with E-state index in [1.165, 1.54) is 11.7 Å². The average molecular weight is 421 g/mol. The highest BCUT2D eigenvalue weighted by molar-refractivity contribution is 6.30. The van der Waals surface area contributed by atoms with Crippen LogP contribution in [0, 0.1) is 0 Å². The van der Waals surface area contributed by atoms with Gasteiger partial charge in [0.2, 0.25) is 0 Å². The van der Waals surface area contributed by atoms with E-state index in [9.17, 15) is 14.4 Å². The van der Waals surface area contributed by atoms with Gasteiger partial charge in [0.25, 0.3) is 5.56 Å². The minimum atomic E-state index is -0.903. The van der Waals surface area contributed by atoms with Crippen molar-refractivity contribution in [2.45, 2.75) is 38.8 Å². The molecule has 1 amide bonds. The van der Waals surface area contributed by atoms with E-state index in [2.05, 4.69) is 5.32 Å². The third-order valence-corrected chi connectivity index (χ3v) is 4.24. The molecule has 0 fully saturated rings. The Balaban J connectivity index is 2.20. The van der Waals surface area contributed by atoms with Gasteiger partial charge in [-0.15, -0.1) is 0 Å². The number of ether oxygens (including phenoxy) is 2. The summed E-state index contributed by atoms with van der Waals surface area (Å²) in [4.78, 5) is 36.4. The lowest BCUT2D eigenvalue weighted by Gasteiger charge is -2.22. The number of pyridine rings is 1. The molecule has 1 atom stereocenters. The van der Waals surface area contributed by atoms with Crippen LogP contribution < -0.4 is 10.9 Å². The molecular formula is C21H25ClN2O5. The van der Waals surface area contributed by atoms with E-state index in [1.54, 1.807) is 64.3 Å². The van der Waals surface area contributed by atoms with Crippen LogP contribution in [0.2, 0.25) is 5.02 Å². The van der Waals surface area contributed by atoms with E-state index in [-0.39, 0.29) is 12.0 Å². The molecule has 0 aliphatic rings. The molecule has 0 aliphatic heterocycles. The number of esters is 1. The van der Waals surface area contributed by atoms with Gasteiger partial charge in [0, 0.05) is 25.2 Å². The quantitative estimate of drug-likeness (QED) is 0.750. The lowest BCUT2D eigenvalue weighted by atomic mass is 10.0. The Kier molecular flexibility index (Phi) is 7.08. The van der Waals surface area contributed by atoms with E-state index in [0.29, 0.717) is 16.1 Å². The van der Waals surface area contributed by atoms with E-state index in [0.717, 1.165) is 5.56 Å². The second-order valence-corrected chi connectivity index (χ2v) is 8.05. The Labute approximate surface area is 174 Å². The number of hydrogen-bond donors (Lipinski definition) is 1. The molecule has 0 spiro atoms. The van der Waals surface area contributed by atoms with Crippen molar-refractivity contribution in [2.75, 3.05) is 7.11 Å². The number of halogens is 1. The summed E-state index contributed by atoms with van der Waals surface area (Å²) in [6, 6.07) is 7.80. The monoisotopic (exact) mass is 420 g/mol. The van der Waals surface area contributed by atoms with Gasteiger partial charge in [-0.2, -0.15) is 0 Å². The number of methoxy groups -OCH3 is 1. The number of carbonyl (C=O) groups excluding carboxylic acids is 2. The first-order chi connectivity index (χ1) is 13.5. The average Bonchev–Trinajstić information content (AvgIpc) is 2.62. The minimum absolute atomic E-state index is 0.166. The zero-order chi connectivity index (χ0) is 21.8. The van der Waals surface area contributed by atoms with Crippen molar-refractivity contribution in [3.63, 3.8) is 0 Å². The molecule has 7 nitrogen and oxygen atoms in total. The second kappa shape index (κ2) is 9.13. The molecule has 1 heterocycles. The summed E-state index contributed by atoms with van der Waals surface area (Å²) in [5.41, 5.74) is 1.10. The minimum Gasteiger partial charge on any atom is -0.467 e. The van der Waals surface area contributed by atoms with E-state index >= 15 is 0 Å². The van der Waals surface area contributed by atoms with Gasteiger partial charge < -0.3 is 19.4 Å². The molecule has 1 N–H and O–H groups in total. The largest absolute Gasteiger partial charge is 0.467 e. The topological polar surface area (TPSA) is 86.6 Å². The molecule has 29 heavy (non-hydrogen) atoms. The summed E-state index contributed by atoms with van der Waals surface area (Å²) >= 11 is 6.05. The lowest BCUT2D eigenvalue weighted by molar-refractivity contribution is -0.143. The van der Waals surface area contributed by atoms with Gasteiger partial charge in [0.15, 0.2) is 0 Å². The first-order valence-electron chi connectivity index (χ1n) is 9.03. The lowest BCUT2D eigenvalue weighted by Crippen LogP contribution is -2.45. The zero-order valence-electron chi connectivity index (χ0n) is 17.1. The molecular weight excluding hydrogens is 396 g/mol. The number of carbonyl (C=O) groups is 2. The highest BCUT2D eigenvalue weighted by Crippen LogP contribution is 2.20. The summed E-state index contributed by atoms with van der Waals surface area (Å²) in [6.07, 6.45) is 1.05. The number of benzene rings is 1. The van der Waals surface area contributed by atoms with Crippen LogP contribution in [0.5, 0.6) is 0 Å². The summed E-state index contributed by atoms with van der Waals surface area (Å²) in [5.74, 6) is -0.580. The molecule has 0 radical (unpaired) electrons. The maximum atomic E-state index is 12.3. The summed E-state index contributed by atoms with van der Waals surface area (Å²) < 4.78 is 11.4. The molecule has 0 saturated carbocycles. The van der Waals surface area contributed by atoms with Crippen LogP contribution in [0.3, 0.4) is 0 Å². The van der Waals surface area contributed by atoms with Crippen molar-refractivity contribution in [3.05, 3.63) is 57.5 Å². The SMILES string of the molecule is COC(=O)C(Cc1ccc(-c2cc(Cl)cn(C)c2=O)cc1)NC(=O)OC(C)(C)C. The molecule has 0 bridgehead atoms. The predicted octanol–water partition coefficient (Wildman–Crippen LogP) is 3.31. The molecule has 1 unspecified atom stereocenters. The van der Waals surface area contributed by atoms with Crippen molar-refractivity contribution in [1.29, 1.82) is 0 Å². The number of alkyl carbamates (subject to hydrolysis) is 1. The third kappa shape index (κ3) is 6.35. The number of rotatable bonds is 5. The van der Waals surface area contributed by atoms with Gasteiger partial charge in [-0.05, 0) is 38.0 Å². The highest BCUT2D eigenvalue weighted by Gasteiger charge is 2.25. The van der Waals surface area contributed by atoms with Crippen LogP contribution in [-0.4, -0.2) is 35.4 Å². The Morgan fingerprint density at radius 3 is 2.38 bits per heavy atom. The Bertz CT molecular complexity index is 945. The molecule has 2 rings (SSSR count). The molecule has 8 heteroatoms. The molecule has 0 saturated heterocycles. The fourth-order valence-electron chi connectivity index (χ4n) is 2.72. The van der Waals surface area contributed by atoms with Gasteiger partial charge in [-0.1, -0.05) is 35.9 Å². The van der Waals surface area contributed by atoms with Crippen molar-refractivity contribution in [2.24, 2.45) is 7.05 Å².